The van der Waals surface area contributed by atoms with Crippen LogP contribution >= 0.6 is 11.3 Å². The Morgan fingerprint density at radius 1 is 1.03 bits per heavy atom. The van der Waals surface area contributed by atoms with Crippen molar-refractivity contribution in [1.82, 2.24) is 0 Å². The maximum atomic E-state index is 11.4. The maximum absolute atomic E-state index is 11.4. The van der Waals surface area contributed by atoms with Crippen LogP contribution in [0, 0.1) is 10.8 Å². The molecule has 0 amide bonds. The van der Waals surface area contributed by atoms with E-state index in [1.165, 1.54) is 33.6 Å². The maximum Gasteiger partial charge on any atom is 0.128 e. The highest BCUT2D eigenvalue weighted by Crippen LogP contribution is 2.64. The first-order chi connectivity index (χ1) is 16.6. The van der Waals surface area contributed by atoms with E-state index in [-0.39, 0.29) is 16.2 Å². The normalized spacial score (nSPS) is 20.2. The second-order valence-electron chi connectivity index (χ2n) is 12.1. The van der Waals surface area contributed by atoms with Gasteiger partial charge < -0.3 is 9.84 Å². The van der Waals surface area contributed by atoms with Crippen LogP contribution in [-0.4, -0.2) is 12.2 Å². The highest BCUT2D eigenvalue weighted by atomic mass is 32.1. The first-order valence-corrected chi connectivity index (χ1v) is 13.7. The molecule has 1 N–H and O–H groups in total. The lowest BCUT2D eigenvalue weighted by Gasteiger charge is -2.52. The first kappa shape index (κ1) is 24.2. The van der Waals surface area contributed by atoms with E-state index in [9.17, 15) is 5.11 Å². The van der Waals surface area contributed by atoms with Crippen LogP contribution in [-0.2, 0) is 5.41 Å². The van der Waals surface area contributed by atoms with Crippen LogP contribution in [0.1, 0.15) is 78.4 Å². The zero-order valence-electron chi connectivity index (χ0n) is 22.2. The van der Waals surface area contributed by atoms with Gasteiger partial charge in [0.15, 0.2) is 0 Å². The van der Waals surface area contributed by atoms with Crippen LogP contribution in [0.25, 0.3) is 26.8 Å². The summed E-state index contributed by atoms with van der Waals surface area (Å²) >= 11 is 1.72. The minimum atomic E-state index is -0.0567. The van der Waals surface area contributed by atoms with E-state index in [1.807, 2.05) is 6.07 Å². The molecule has 35 heavy (non-hydrogen) atoms. The van der Waals surface area contributed by atoms with E-state index in [4.69, 9.17) is 4.74 Å². The number of methoxy groups -OCH3 is 1. The molecule has 0 radical (unpaired) electrons. The quantitative estimate of drug-likeness (QED) is 0.398. The molecule has 0 unspecified atom stereocenters. The van der Waals surface area contributed by atoms with E-state index in [0.29, 0.717) is 5.75 Å². The molecule has 2 aliphatic rings. The number of allylic oxidation sites excluding steroid dienone is 4. The minimum absolute atomic E-state index is 0.0567. The molecule has 1 aromatic heterocycles. The van der Waals surface area contributed by atoms with E-state index < -0.39 is 0 Å². The van der Waals surface area contributed by atoms with Crippen LogP contribution in [0.5, 0.6) is 11.5 Å². The molecule has 3 heteroatoms. The average Bonchev–Trinajstić information content (AvgIpc) is 3.37. The molecule has 5 rings (SSSR count). The topological polar surface area (TPSA) is 29.5 Å². The Labute approximate surface area is 214 Å². The molecule has 2 aliphatic carbocycles. The summed E-state index contributed by atoms with van der Waals surface area (Å²) in [5.41, 5.74) is 6.98. The molecule has 184 valence electrons. The van der Waals surface area contributed by atoms with Crippen LogP contribution in [0.3, 0.4) is 0 Å². The van der Waals surface area contributed by atoms with Crippen molar-refractivity contribution in [2.75, 3.05) is 7.11 Å². The molecule has 2 nitrogen and oxygen atoms in total. The number of phenols is 1. The molecule has 1 spiro atoms. The second kappa shape index (κ2) is 8.27. The van der Waals surface area contributed by atoms with Gasteiger partial charge in [-0.1, -0.05) is 58.4 Å². The summed E-state index contributed by atoms with van der Waals surface area (Å²) in [6.45, 7) is 14.1. The number of thiophene rings is 1. The SMILES string of the molecule is C/C=C\C1=C(CC)C2(CC(C)(C)CC(C)(C)C2)c2cc(O)c3cc(OC)c(-c4cccs4)cc3c21. The summed E-state index contributed by atoms with van der Waals surface area (Å²) in [6, 6.07) is 10.6. The van der Waals surface area contributed by atoms with Crippen molar-refractivity contribution in [2.24, 2.45) is 10.8 Å². The monoisotopic (exact) mass is 486 g/mol. The molecule has 1 fully saturated rings. The number of rotatable bonds is 4. The van der Waals surface area contributed by atoms with Crippen LogP contribution < -0.4 is 4.74 Å². The van der Waals surface area contributed by atoms with Gasteiger partial charge in [-0.2, -0.15) is 0 Å². The van der Waals surface area contributed by atoms with E-state index >= 15 is 0 Å². The van der Waals surface area contributed by atoms with Crippen LogP contribution in [0.15, 0.2) is 53.4 Å². The lowest BCUT2D eigenvalue weighted by atomic mass is 9.52. The standard InChI is InChI=1S/C32H38O2S/c1-8-11-20-24(9-2)32(18-30(3,4)17-31(5,6)19-32)25-16-26(33)21-15-27(34-7)23(14-22(21)29(20)25)28-12-10-13-35-28/h8,10-16,33H,9,17-19H2,1-7H3/b11-8-. The predicted molar refractivity (Wildman–Crippen MR) is 151 cm³/mol. The van der Waals surface area contributed by atoms with Crippen molar-refractivity contribution >= 4 is 27.7 Å². The minimum Gasteiger partial charge on any atom is -0.507 e. The van der Waals surface area contributed by atoms with E-state index in [2.05, 4.69) is 83.3 Å². The zero-order valence-corrected chi connectivity index (χ0v) is 23.0. The summed E-state index contributed by atoms with van der Waals surface area (Å²) in [5, 5.41) is 15.5. The number of benzene rings is 2. The third kappa shape index (κ3) is 3.74. The van der Waals surface area contributed by atoms with Crippen molar-refractivity contribution in [2.45, 2.75) is 72.6 Å². The van der Waals surface area contributed by atoms with Crippen LogP contribution in [0.4, 0.5) is 0 Å². The lowest BCUT2D eigenvalue weighted by molar-refractivity contribution is 0.0612. The zero-order chi connectivity index (χ0) is 25.2. The number of aromatic hydroxyl groups is 1. The molecule has 0 aliphatic heterocycles. The number of ether oxygens (including phenoxy) is 1. The predicted octanol–water partition coefficient (Wildman–Crippen LogP) is 9.51. The fraction of sp³-hybridized carbons (Fsp3) is 0.438. The average molecular weight is 487 g/mol. The van der Waals surface area contributed by atoms with Gasteiger partial charge in [0.25, 0.3) is 0 Å². The number of hydrogen-bond acceptors (Lipinski definition) is 3. The van der Waals surface area contributed by atoms with Crippen LogP contribution in [0.2, 0.25) is 0 Å². The third-order valence-corrected chi connectivity index (χ3v) is 9.02. The fourth-order valence-electron chi connectivity index (χ4n) is 7.86. The molecule has 1 heterocycles. The summed E-state index contributed by atoms with van der Waals surface area (Å²) < 4.78 is 5.80. The van der Waals surface area contributed by atoms with Gasteiger partial charge in [0, 0.05) is 21.2 Å². The van der Waals surface area contributed by atoms with Gasteiger partial charge in [-0.3, -0.25) is 0 Å². The largest absolute Gasteiger partial charge is 0.507 e. The first-order valence-electron chi connectivity index (χ1n) is 12.8. The molecular formula is C32H38O2S. The van der Waals surface area contributed by atoms with Gasteiger partial charge in [0.05, 0.1) is 7.11 Å². The molecule has 2 aromatic carbocycles. The summed E-state index contributed by atoms with van der Waals surface area (Å²) in [6.07, 6.45) is 8.93. The van der Waals surface area contributed by atoms with Crippen molar-refractivity contribution in [3.8, 4) is 21.9 Å². The highest BCUT2D eigenvalue weighted by Gasteiger charge is 2.53. The lowest BCUT2D eigenvalue weighted by Crippen LogP contribution is -2.44. The molecule has 0 saturated heterocycles. The molecule has 0 bridgehead atoms. The number of phenolic OH excluding ortho intramolecular Hbond substituents is 1. The Morgan fingerprint density at radius 3 is 2.31 bits per heavy atom. The van der Waals surface area contributed by atoms with Gasteiger partial charge in [0.2, 0.25) is 0 Å². The van der Waals surface area contributed by atoms with Crippen molar-refractivity contribution < 1.29 is 9.84 Å². The van der Waals surface area contributed by atoms with Gasteiger partial charge in [-0.25, -0.2) is 0 Å². The smallest absolute Gasteiger partial charge is 0.128 e. The number of hydrogen-bond donors (Lipinski definition) is 1. The van der Waals surface area contributed by atoms with Gasteiger partial charge in [0.1, 0.15) is 11.5 Å². The second-order valence-corrected chi connectivity index (χ2v) is 13.0. The molecule has 0 atom stereocenters. The Hall–Kier alpha value is -2.52. The Kier molecular flexibility index (Phi) is 5.71. The summed E-state index contributed by atoms with van der Waals surface area (Å²) in [4.78, 5) is 1.18. The third-order valence-electron chi connectivity index (χ3n) is 8.11. The van der Waals surface area contributed by atoms with E-state index in [1.54, 1.807) is 18.4 Å². The van der Waals surface area contributed by atoms with Gasteiger partial charge in [-0.05, 0) is 95.2 Å². The van der Waals surface area contributed by atoms with Crippen molar-refractivity contribution in [3.63, 3.8) is 0 Å². The number of fused-ring (bicyclic) bond motifs is 4. The molecular weight excluding hydrogens is 448 g/mol. The van der Waals surface area contributed by atoms with Crippen molar-refractivity contribution in [1.29, 1.82) is 0 Å². The van der Waals surface area contributed by atoms with E-state index in [0.717, 1.165) is 41.3 Å². The highest BCUT2D eigenvalue weighted by molar-refractivity contribution is 7.13. The summed E-state index contributed by atoms with van der Waals surface area (Å²) in [5.74, 6) is 1.16. The Balaban J connectivity index is 1.91. The fourth-order valence-corrected chi connectivity index (χ4v) is 8.61. The Morgan fingerprint density at radius 2 is 1.74 bits per heavy atom. The summed E-state index contributed by atoms with van der Waals surface area (Å²) in [7, 11) is 1.71. The van der Waals surface area contributed by atoms with Crippen molar-refractivity contribution in [3.05, 3.63) is 64.6 Å². The Bertz CT molecular complexity index is 1340. The molecule has 3 aromatic rings. The van der Waals surface area contributed by atoms with Gasteiger partial charge in [-0.15, -0.1) is 11.3 Å². The molecule has 1 saturated carbocycles. The van der Waals surface area contributed by atoms with Gasteiger partial charge >= 0.3 is 0 Å².